The Bertz CT molecular complexity index is 518. The molecule has 23 heavy (non-hydrogen) atoms. The molecule has 3 N–H and O–H groups in total. The minimum Gasteiger partial charge on any atom is -0.391 e. The summed E-state index contributed by atoms with van der Waals surface area (Å²) in [5.74, 6) is -0.213. The lowest BCUT2D eigenvalue weighted by Crippen LogP contribution is -2.34. The summed E-state index contributed by atoms with van der Waals surface area (Å²) in [6, 6.07) is 7.08. The number of amides is 2. The second kappa shape index (κ2) is 8.67. The zero-order valence-corrected chi connectivity index (χ0v) is 14.5. The maximum Gasteiger partial charge on any atom is 0.251 e. The minimum atomic E-state index is -0.504. The van der Waals surface area contributed by atoms with Gasteiger partial charge in [-0.05, 0) is 24.1 Å². The highest BCUT2D eigenvalue weighted by molar-refractivity contribution is 5.94. The number of aliphatic hydroxyl groups is 1. The monoisotopic (exact) mass is 320 g/mol. The fourth-order valence-electron chi connectivity index (χ4n) is 1.97. The Kier molecular flexibility index (Phi) is 7.23. The lowest BCUT2D eigenvalue weighted by atomic mass is 9.95. The van der Waals surface area contributed by atoms with E-state index in [0.29, 0.717) is 18.5 Å². The van der Waals surface area contributed by atoms with Crippen LogP contribution in [0.4, 0.5) is 0 Å². The van der Waals surface area contributed by atoms with Gasteiger partial charge in [0.1, 0.15) is 0 Å². The molecule has 0 aliphatic carbocycles. The maximum atomic E-state index is 12.0. The summed E-state index contributed by atoms with van der Waals surface area (Å²) in [6.45, 7) is 8.28. The molecule has 128 valence electrons. The van der Waals surface area contributed by atoms with Crippen LogP contribution in [0, 0.1) is 5.41 Å². The second-order valence-corrected chi connectivity index (χ2v) is 6.78. The number of hydrogen-bond acceptors (Lipinski definition) is 3. The Balaban J connectivity index is 2.49. The third-order valence-corrected chi connectivity index (χ3v) is 3.47. The molecule has 1 aromatic carbocycles. The smallest absolute Gasteiger partial charge is 0.251 e. The van der Waals surface area contributed by atoms with Gasteiger partial charge >= 0.3 is 0 Å². The fraction of sp³-hybridized carbons (Fsp3) is 0.556. The van der Waals surface area contributed by atoms with E-state index in [1.54, 1.807) is 12.1 Å². The standard InChI is InChI=1S/C18H28N2O3/c1-5-6-15(21)12-19-16(22)14-9-7-13(8-10-14)11-20-17(23)18(2,3)4/h7-10,15,21H,5-6,11-12H2,1-4H3,(H,19,22)(H,20,23). The van der Waals surface area contributed by atoms with Gasteiger partial charge in [0.05, 0.1) is 6.10 Å². The first-order valence-corrected chi connectivity index (χ1v) is 8.07. The van der Waals surface area contributed by atoms with E-state index in [4.69, 9.17) is 0 Å². The van der Waals surface area contributed by atoms with Gasteiger partial charge in [-0.15, -0.1) is 0 Å². The molecule has 0 fully saturated rings. The van der Waals surface area contributed by atoms with Crippen LogP contribution in [0.3, 0.4) is 0 Å². The first-order valence-electron chi connectivity index (χ1n) is 8.07. The minimum absolute atomic E-state index is 0.00997. The van der Waals surface area contributed by atoms with Crippen LogP contribution in [0.15, 0.2) is 24.3 Å². The molecule has 0 saturated carbocycles. The van der Waals surface area contributed by atoms with E-state index in [0.717, 1.165) is 12.0 Å². The van der Waals surface area contributed by atoms with Crippen LogP contribution in [0.25, 0.3) is 0 Å². The molecule has 0 radical (unpaired) electrons. The van der Waals surface area contributed by atoms with Gasteiger partial charge in [-0.25, -0.2) is 0 Å². The Labute approximate surface area is 138 Å². The van der Waals surface area contributed by atoms with Crippen molar-refractivity contribution < 1.29 is 14.7 Å². The number of carbonyl (C=O) groups is 2. The Hall–Kier alpha value is -1.88. The number of hydrogen-bond donors (Lipinski definition) is 3. The molecule has 1 aromatic rings. The lowest BCUT2D eigenvalue weighted by molar-refractivity contribution is -0.128. The summed E-state index contributed by atoms with van der Waals surface area (Å²) in [4.78, 5) is 23.8. The van der Waals surface area contributed by atoms with E-state index < -0.39 is 11.5 Å². The van der Waals surface area contributed by atoms with Crippen molar-refractivity contribution in [2.24, 2.45) is 5.41 Å². The van der Waals surface area contributed by atoms with Crippen LogP contribution >= 0.6 is 0 Å². The third kappa shape index (κ3) is 6.82. The molecule has 1 rings (SSSR count). The van der Waals surface area contributed by atoms with Crippen LogP contribution in [0.2, 0.25) is 0 Å². The van der Waals surface area contributed by atoms with Crippen LogP contribution in [0.1, 0.15) is 56.5 Å². The molecule has 1 atom stereocenters. The van der Waals surface area contributed by atoms with Crippen LogP contribution in [-0.4, -0.2) is 29.6 Å². The van der Waals surface area contributed by atoms with E-state index in [9.17, 15) is 14.7 Å². The zero-order chi connectivity index (χ0) is 17.5. The summed E-state index contributed by atoms with van der Waals surface area (Å²) >= 11 is 0. The van der Waals surface area contributed by atoms with Crippen LogP contribution < -0.4 is 10.6 Å². The van der Waals surface area contributed by atoms with Crippen molar-refractivity contribution in [2.45, 2.75) is 53.2 Å². The van der Waals surface area contributed by atoms with Gasteiger partial charge in [0.15, 0.2) is 0 Å². The van der Waals surface area contributed by atoms with E-state index in [2.05, 4.69) is 10.6 Å². The third-order valence-electron chi connectivity index (χ3n) is 3.47. The molecular weight excluding hydrogens is 292 g/mol. The van der Waals surface area contributed by atoms with Gasteiger partial charge in [-0.3, -0.25) is 9.59 Å². The van der Waals surface area contributed by atoms with Crippen molar-refractivity contribution in [2.75, 3.05) is 6.54 Å². The van der Waals surface area contributed by atoms with E-state index >= 15 is 0 Å². The first-order chi connectivity index (χ1) is 10.7. The van der Waals surface area contributed by atoms with Gasteiger partial charge < -0.3 is 15.7 Å². The zero-order valence-electron chi connectivity index (χ0n) is 14.5. The van der Waals surface area contributed by atoms with Crippen LogP contribution in [-0.2, 0) is 11.3 Å². The van der Waals surface area contributed by atoms with E-state index in [-0.39, 0.29) is 18.4 Å². The van der Waals surface area contributed by atoms with E-state index in [1.165, 1.54) is 0 Å². The van der Waals surface area contributed by atoms with Crippen molar-refractivity contribution in [1.29, 1.82) is 0 Å². The topological polar surface area (TPSA) is 78.4 Å². The molecule has 0 heterocycles. The maximum absolute atomic E-state index is 12.0. The van der Waals surface area contributed by atoms with Gasteiger partial charge in [-0.2, -0.15) is 0 Å². The molecule has 0 spiro atoms. The highest BCUT2D eigenvalue weighted by atomic mass is 16.3. The molecule has 5 heteroatoms. The number of carbonyl (C=O) groups excluding carboxylic acids is 2. The molecule has 0 aliphatic rings. The molecule has 0 aromatic heterocycles. The average Bonchev–Trinajstić information content (AvgIpc) is 2.50. The van der Waals surface area contributed by atoms with Gasteiger partial charge in [0.2, 0.25) is 5.91 Å². The molecule has 0 saturated heterocycles. The molecule has 5 nitrogen and oxygen atoms in total. The Morgan fingerprint density at radius 1 is 1.13 bits per heavy atom. The van der Waals surface area contributed by atoms with Gasteiger partial charge in [0, 0.05) is 24.1 Å². The normalized spacial score (nSPS) is 12.6. The Morgan fingerprint density at radius 2 is 1.74 bits per heavy atom. The van der Waals surface area contributed by atoms with Gasteiger partial charge in [0.25, 0.3) is 5.91 Å². The summed E-state index contributed by atoms with van der Waals surface area (Å²) in [5, 5.41) is 15.2. The quantitative estimate of drug-likeness (QED) is 0.721. The SMILES string of the molecule is CCCC(O)CNC(=O)c1ccc(CNC(=O)C(C)(C)C)cc1. The Morgan fingerprint density at radius 3 is 2.26 bits per heavy atom. The predicted octanol–water partition coefficient (Wildman–Crippen LogP) is 2.24. The largest absolute Gasteiger partial charge is 0.391 e. The summed E-state index contributed by atoms with van der Waals surface area (Å²) in [5.41, 5.74) is 1.06. The van der Waals surface area contributed by atoms with Crippen molar-refractivity contribution in [1.82, 2.24) is 10.6 Å². The molecule has 0 bridgehead atoms. The number of rotatable bonds is 7. The molecular formula is C18H28N2O3. The van der Waals surface area contributed by atoms with E-state index in [1.807, 2.05) is 39.8 Å². The highest BCUT2D eigenvalue weighted by Crippen LogP contribution is 2.13. The summed E-state index contributed by atoms with van der Waals surface area (Å²) < 4.78 is 0. The predicted molar refractivity (Wildman–Crippen MR) is 91.0 cm³/mol. The fourth-order valence-corrected chi connectivity index (χ4v) is 1.97. The first kappa shape index (κ1) is 19.2. The number of nitrogens with one attached hydrogen (secondary N) is 2. The second-order valence-electron chi connectivity index (χ2n) is 6.78. The highest BCUT2D eigenvalue weighted by Gasteiger charge is 2.20. The molecule has 0 aliphatic heterocycles. The van der Waals surface area contributed by atoms with Crippen molar-refractivity contribution in [3.63, 3.8) is 0 Å². The summed E-state index contributed by atoms with van der Waals surface area (Å²) in [6.07, 6.45) is 1.05. The molecule has 2 amide bonds. The average molecular weight is 320 g/mol. The van der Waals surface area contributed by atoms with Crippen molar-refractivity contribution in [3.05, 3.63) is 35.4 Å². The summed E-state index contributed by atoms with van der Waals surface area (Å²) in [7, 11) is 0. The van der Waals surface area contributed by atoms with Gasteiger partial charge in [-0.1, -0.05) is 46.2 Å². The number of aliphatic hydroxyl groups excluding tert-OH is 1. The van der Waals surface area contributed by atoms with Crippen molar-refractivity contribution in [3.8, 4) is 0 Å². The van der Waals surface area contributed by atoms with Crippen LogP contribution in [0.5, 0.6) is 0 Å². The van der Waals surface area contributed by atoms with Crippen molar-refractivity contribution >= 4 is 11.8 Å². The molecule has 1 unspecified atom stereocenters. The lowest BCUT2D eigenvalue weighted by Gasteiger charge is -2.17. The number of benzene rings is 1.